The van der Waals surface area contributed by atoms with Gasteiger partial charge in [-0.3, -0.25) is 0 Å². The molecule has 2 rings (SSSR count). The third kappa shape index (κ3) is 2.56. The summed E-state index contributed by atoms with van der Waals surface area (Å²) in [6, 6.07) is 6.77. The Morgan fingerprint density at radius 3 is 2.38 bits per heavy atom. The molecule has 13 heavy (non-hydrogen) atoms. The van der Waals surface area contributed by atoms with Gasteiger partial charge in [-0.05, 0) is 32.3 Å². The van der Waals surface area contributed by atoms with Crippen LogP contribution in [0, 0.1) is 13.8 Å². The minimum absolute atomic E-state index is 0.556. The van der Waals surface area contributed by atoms with E-state index in [1.807, 2.05) is 0 Å². The number of ether oxygens (including phenoxy) is 1. The normalized spacial score (nSPS) is 20.3. The van der Waals surface area contributed by atoms with Crippen LogP contribution in [0.5, 0.6) is 0 Å². The van der Waals surface area contributed by atoms with Gasteiger partial charge < -0.3 is 4.74 Å². The summed E-state index contributed by atoms with van der Waals surface area (Å²) in [5.41, 5.74) is 4.19. The average Bonchev–Trinajstić information content (AvgIpc) is 2.81. The van der Waals surface area contributed by atoms with E-state index in [9.17, 15) is 0 Å². The fourth-order valence-electron chi connectivity index (χ4n) is 1.78. The van der Waals surface area contributed by atoms with E-state index in [4.69, 9.17) is 4.74 Å². The van der Waals surface area contributed by atoms with Gasteiger partial charge in [-0.2, -0.15) is 0 Å². The summed E-state index contributed by atoms with van der Waals surface area (Å²) >= 11 is 0. The molecule has 1 aromatic carbocycles. The maximum absolute atomic E-state index is 5.19. The van der Waals surface area contributed by atoms with Gasteiger partial charge in [0.05, 0.1) is 12.7 Å². The number of hydrogen-bond donors (Lipinski definition) is 0. The third-order valence-electron chi connectivity index (χ3n) is 2.44. The average molecular weight is 176 g/mol. The van der Waals surface area contributed by atoms with Crippen LogP contribution >= 0.6 is 0 Å². The van der Waals surface area contributed by atoms with Gasteiger partial charge in [0, 0.05) is 0 Å². The molecule has 1 heterocycles. The van der Waals surface area contributed by atoms with Gasteiger partial charge >= 0.3 is 0 Å². The second-order valence-corrected chi connectivity index (χ2v) is 3.99. The van der Waals surface area contributed by atoms with Crippen molar-refractivity contribution in [2.45, 2.75) is 32.8 Å². The molecule has 0 saturated carbocycles. The fourth-order valence-corrected chi connectivity index (χ4v) is 1.78. The lowest BCUT2D eigenvalue weighted by atomic mass is 10.0. The maximum atomic E-state index is 5.19. The predicted octanol–water partition coefficient (Wildman–Crippen LogP) is 2.63. The van der Waals surface area contributed by atoms with Gasteiger partial charge in [-0.15, -0.1) is 0 Å². The van der Waals surface area contributed by atoms with E-state index in [-0.39, 0.29) is 0 Å². The van der Waals surface area contributed by atoms with Gasteiger partial charge in [0.15, 0.2) is 0 Å². The molecule has 1 aliphatic heterocycles. The van der Waals surface area contributed by atoms with Crippen molar-refractivity contribution in [3.63, 3.8) is 0 Å². The maximum Gasteiger partial charge on any atom is 0.0813 e. The topological polar surface area (TPSA) is 12.5 Å². The Balaban J connectivity index is 2.01. The second kappa shape index (κ2) is 3.51. The zero-order chi connectivity index (χ0) is 9.26. The first-order valence-electron chi connectivity index (χ1n) is 4.93. The first-order valence-corrected chi connectivity index (χ1v) is 4.93. The molecule has 0 N–H and O–H groups in total. The highest BCUT2D eigenvalue weighted by Gasteiger charge is 2.21. The molecule has 1 aromatic rings. The zero-order valence-electron chi connectivity index (χ0n) is 8.34. The highest BCUT2D eigenvalue weighted by molar-refractivity contribution is 5.28. The van der Waals surface area contributed by atoms with Crippen molar-refractivity contribution in [3.05, 3.63) is 34.9 Å². The number of epoxide rings is 1. The van der Waals surface area contributed by atoms with Crippen LogP contribution in [0.15, 0.2) is 18.2 Å². The lowest BCUT2D eigenvalue weighted by molar-refractivity contribution is 0.397. The van der Waals surface area contributed by atoms with Crippen LogP contribution < -0.4 is 0 Å². The minimum Gasteiger partial charge on any atom is -0.373 e. The molecule has 1 saturated heterocycles. The Morgan fingerprint density at radius 2 is 1.85 bits per heavy atom. The standard InChI is InChI=1S/C12H16O/c1-9-5-10(2)7-11(6-9)3-4-12-8-13-12/h5-7,12H,3-4,8H2,1-2H3. The largest absolute Gasteiger partial charge is 0.373 e. The molecular weight excluding hydrogens is 160 g/mol. The van der Waals surface area contributed by atoms with Crippen LogP contribution in [0.25, 0.3) is 0 Å². The van der Waals surface area contributed by atoms with Crippen molar-refractivity contribution in [3.8, 4) is 0 Å². The molecule has 0 radical (unpaired) electrons. The zero-order valence-corrected chi connectivity index (χ0v) is 8.34. The van der Waals surface area contributed by atoms with Crippen LogP contribution in [-0.2, 0) is 11.2 Å². The molecule has 1 aliphatic rings. The molecule has 0 aromatic heterocycles. The van der Waals surface area contributed by atoms with Gasteiger partial charge in [-0.25, -0.2) is 0 Å². The summed E-state index contributed by atoms with van der Waals surface area (Å²) in [5.74, 6) is 0. The van der Waals surface area contributed by atoms with Crippen LogP contribution in [0.4, 0.5) is 0 Å². The Kier molecular flexibility index (Phi) is 2.36. The van der Waals surface area contributed by atoms with Crippen LogP contribution in [0.2, 0.25) is 0 Å². The van der Waals surface area contributed by atoms with Gasteiger partial charge in [-0.1, -0.05) is 29.3 Å². The molecule has 70 valence electrons. The van der Waals surface area contributed by atoms with Crippen LogP contribution in [0.1, 0.15) is 23.1 Å². The van der Waals surface area contributed by atoms with Crippen molar-refractivity contribution in [1.29, 1.82) is 0 Å². The molecule has 1 unspecified atom stereocenters. The van der Waals surface area contributed by atoms with Crippen LogP contribution in [-0.4, -0.2) is 12.7 Å². The summed E-state index contributed by atoms with van der Waals surface area (Å²) in [6.07, 6.45) is 2.90. The number of aryl methyl sites for hydroxylation is 3. The number of benzene rings is 1. The smallest absolute Gasteiger partial charge is 0.0813 e. The fraction of sp³-hybridized carbons (Fsp3) is 0.500. The summed E-state index contributed by atoms with van der Waals surface area (Å²) in [4.78, 5) is 0. The Hall–Kier alpha value is -0.820. The summed E-state index contributed by atoms with van der Waals surface area (Å²) in [6.45, 7) is 5.29. The van der Waals surface area contributed by atoms with Gasteiger partial charge in [0.2, 0.25) is 0 Å². The van der Waals surface area contributed by atoms with E-state index >= 15 is 0 Å². The van der Waals surface area contributed by atoms with Crippen LogP contribution in [0.3, 0.4) is 0 Å². The summed E-state index contributed by atoms with van der Waals surface area (Å²) < 4.78 is 5.19. The van der Waals surface area contributed by atoms with Gasteiger partial charge in [0.1, 0.15) is 0 Å². The lowest BCUT2D eigenvalue weighted by Crippen LogP contribution is -1.92. The molecular formula is C12H16O. The first kappa shape index (κ1) is 8.76. The van der Waals surface area contributed by atoms with E-state index in [1.54, 1.807) is 0 Å². The molecule has 0 aliphatic carbocycles. The van der Waals surface area contributed by atoms with E-state index in [0.717, 1.165) is 13.0 Å². The Labute approximate surface area is 79.7 Å². The van der Waals surface area contributed by atoms with Crippen molar-refractivity contribution in [2.75, 3.05) is 6.61 Å². The second-order valence-electron chi connectivity index (χ2n) is 3.99. The highest BCUT2D eigenvalue weighted by atomic mass is 16.6. The molecule has 0 spiro atoms. The molecule has 1 atom stereocenters. The monoisotopic (exact) mass is 176 g/mol. The quantitative estimate of drug-likeness (QED) is 0.645. The Morgan fingerprint density at radius 1 is 1.23 bits per heavy atom. The van der Waals surface area contributed by atoms with Crippen molar-refractivity contribution < 1.29 is 4.74 Å². The minimum atomic E-state index is 0.556. The lowest BCUT2D eigenvalue weighted by Gasteiger charge is -2.03. The first-order chi connectivity index (χ1) is 6.24. The summed E-state index contributed by atoms with van der Waals surface area (Å²) in [5, 5.41) is 0. The number of rotatable bonds is 3. The van der Waals surface area contributed by atoms with E-state index < -0.39 is 0 Å². The van der Waals surface area contributed by atoms with Gasteiger partial charge in [0.25, 0.3) is 0 Å². The van der Waals surface area contributed by atoms with Crippen molar-refractivity contribution >= 4 is 0 Å². The molecule has 1 fully saturated rings. The van der Waals surface area contributed by atoms with E-state index in [2.05, 4.69) is 32.0 Å². The van der Waals surface area contributed by atoms with Crippen molar-refractivity contribution in [2.24, 2.45) is 0 Å². The highest BCUT2D eigenvalue weighted by Crippen LogP contribution is 2.18. The van der Waals surface area contributed by atoms with E-state index in [1.165, 1.54) is 23.1 Å². The Bertz CT molecular complexity index is 280. The molecule has 1 heteroatoms. The molecule has 0 bridgehead atoms. The predicted molar refractivity (Wildman–Crippen MR) is 54.0 cm³/mol. The van der Waals surface area contributed by atoms with Crippen molar-refractivity contribution in [1.82, 2.24) is 0 Å². The van der Waals surface area contributed by atoms with E-state index in [0.29, 0.717) is 6.10 Å². The SMILES string of the molecule is Cc1cc(C)cc(CCC2CO2)c1. The summed E-state index contributed by atoms with van der Waals surface area (Å²) in [7, 11) is 0. The molecule has 1 nitrogen and oxygen atoms in total. The third-order valence-corrected chi connectivity index (χ3v) is 2.44. The number of hydrogen-bond acceptors (Lipinski definition) is 1. The molecule has 0 amide bonds.